The Labute approximate surface area is 160 Å². The molecule has 2 saturated carbocycles. The zero-order chi connectivity index (χ0) is 19.5. The maximum absolute atomic E-state index is 13.4. The zero-order valence-corrected chi connectivity index (χ0v) is 15.0. The molecule has 5 rings (SSSR count). The Morgan fingerprint density at radius 3 is 2.54 bits per heavy atom. The van der Waals surface area contributed by atoms with Crippen molar-refractivity contribution in [2.24, 2.45) is 0 Å². The van der Waals surface area contributed by atoms with Gasteiger partial charge in [-0.3, -0.25) is 9.88 Å². The predicted octanol–water partition coefficient (Wildman–Crippen LogP) is 4.52. The van der Waals surface area contributed by atoms with Crippen LogP contribution in [0.25, 0.3) is 0 Å². The van der Waals surface area contributed by atoms with Crippen molar-refractivity contribution in [3.8, 4) is 0 Å². The summed E-state index contributed by atoms with van der Waals surface area (Å²) in [5.41, 5.74) is 1.76. The van der Waals surface area contributed by atoms with Gasteiger partial charge in [-0.15, -0.1) is 0 Å². The van der Waals surface area contributed by atoms with Gasteiger partial charge in [0.05, 0.1) is 17.9 Å². The van der Waals surface area contributed by atoms with Gasteiger partial charge in [-0.25, -0.2) is 9.78 Å². The molecule has 3 fully saturated rings. The minimum Gasteiger partial charge on any atom is -0.335 e. The van der Waals surface area contributed by atoms with Crippen LogP contribution in [0.2, 0.25) is 0 Å². The molecule has 1 N–H and O–H groups in total. The van der Waals surface area contributed by atoms with Crippen LogP contribution < -0.4 is 10.2 Å². The summed E-state index contributed by atoms with van der Waals surface area (Å²) in [5.74, 6) is 0.470. The van der Waals surface area contributed by atoms with Crippen molar-refractivity contribution >= 4 is 11.7 Å². The summed E-state index contributed by atoms with van der Waals surface area (Å²) >= 11 is 0. The molecule has 2 amide bonds. The number of hydrogen-bond donors (Lipinski definition) is 1. The second kappa shape index (κ2) is 6.18. The van der Waals surface area contributed by atoms with Gasteiger partial charge in [0, 0.05) is 24.4 Å². The first-order valence-electron chi connectivity index (χ1n) is 9.52. The van der Waals surface area contributed by atoms with Crippen LogP contribution in [0, 0.1) is 0 Å². The molecular formula is C20H19F3N4O. The Balaban J connectivity index is 1.58. The lowest BCUT2D eigenvalue weighted by atomic mass is 10.0. The Bertz CT molecular complexity index is 937. The van der Waals surface area contributed by atoms with Crippen molar-refractivity contribution in [1.29, 1.82) is 0 Å². The SMILES string of the molecule is O=C1NCC(c2cc(C3CC3)nc(C(F)(F)F)c2)N1c1cnccc1C1CC1. The topological polar surface area (TPSA) is 58.1 Å². The molecule has 2 aromatic heterocycles. The van der Waals surface area contributed by atoms with Crippen LogP contribution in [-0.2, 0) is 6.18 Å². The van der Waals surface area contributed by atoms with Crippen LogP contribution >= 0.6 is 0 Å². The number of pyridine rings is 2. The number of halogens is 3. The Morgan fingerprint density at radius 1 is 1.11 bits per heavy atom. The summed E-state index contributed by atoms with van der Waals surface area (Å²) in [7, 11) is 0. The molecule has 2 aliphatic carbocycles. The van der Waals surface area contributed by atoms with E-state index in [4.69, 9.17) is 0 Å². The van der Waals surface area contributed by atoms with Gasteiger partial charge in [0.1, 0.15) is 5.69 Å². The smallest absolute Gasteiger partial charge is 0.335 e. The highest BCUT2D eigenvalue weighted by Gasteiger charge is 2.40. The molecule has 1 aliphatic heterocycles. The van der Waals surface area contributed by atoms with Crippen molar-refractivity contribution < 1.29 is 18.0 Å². The number of carbonyl (C=O) groups is 1. The Morgan fingerprint density at radius 2 is 1.86 bits per heavy atom. The van der Waals surface area contributed by atoms with E-state index < -0.39 is 17.9 Å². The monoisotopic (exact) mass is 388 g/mol. The van der Waals surface area contributed by atoms with Gasteiger partial charge in [-0.2, -0.15) is 13.2 Å². The third-order valence-electron chi connectivity index (χ3n) is 5.62. The fourth-order valence-corrected chi connectivity index (χ4v) is 3.88. The molecule has 1 atom stereocenters. The highest BCUT2D eigenvalue weighted by molar-refractivity contribution is 5.96. The lowest BCUT2D eigenvalue weighted by Crippen LogP contribution is -2.31. The fraction of sp³-hybridized carbons (Fsp3) is 0.450. The molecule has 0 radical (unpaired) electrons. The average Bonchev–Trinajstić information content (AvgIpc) is 3.58. The molecule has 3 heterocycles. The van der Waals surface area contributed by atoms with Crippen molar-refractivity contribution in [2.75, 3.05) is 11.4 Å². The summed E-state index contributed by atoms with van der Waals surface area (Å²) in [5, 5.41) is 2.78. The molecule has 0 bridgehead atoms. The van der Waals surface area contributed by atoms with Crippen molar-refractivity contribution in [2.45, 2.75) is 49.7 Å². The van der Waals surface area contributed by atoms with E-state index in [9.17, 15) is 18.0 Å². The lowest BCUT2D eigenvalue weighted by molar-refractivity contribution is -0.141. The first kappa shape index (κ1) is 17.5. The first-order chi connectivity index (χ1) is 13.4. The van der Waals surface area contributed by atoms with E-state index >= 15 is 0 Å². The van der Waals surface area contributed by atoms with E-state index in [0.29, 0.717) is 22.9 Å². The molecule has 146 valence electrons. The summed E-state index contributed by atoms with van der Waals surface area (Å²) in [6, 6.07) is 3.89. The predicted molar refractivity (Wildman–Crippen MR) is 96.0 cm³/mol. The van der Waals surface area contributed by atoms with Crippen molar-refractivity contribution in [3.63, 3.8) is 0 Å². The van der Waals surface area contributed by atoms with E-state index in [1.807, 2.05) is 6.07 Å². The quantitative estimate of drug-likeness (QED) is 0.838. The third-order valence-corrected chi connectivity index (χ3v) is 5.62. The Hall–Kier alpha value is -2.64. The van der Waals surface area contributed by atoms with Gasteiger partial charge in [-0.1, -0.05) is 0 Å². The van der Waals surface area contributed by atoms with Gasteiger partial charge >= 0.3 is 12.2 Å². The summed E-state index contributed by atoms with van der Waals surface area (Å²) in [6.07, 6.45) is 2.63. The standard InChI is InChI=1S/C20H19F3N4O/c21-20(22,23)18-8-13(7-15(26-18)12-3-4-12)16-10-25-19(28)27(16)17-9-24-6-5-14(17)11-1-2-11/h5-9,11-12,16H,1-4,10H2,(H,25,28). The molecule has 0 spiro atoms. The number of anilines is 1. The number of amides is 2. The van der Waals surface area contributed by atoms with Crippen LogP contribution in [0.3, 0.4) is 0 Å². The Kier molecular flexibility index (Phi) is 3.86. The maximum atomic E-state index is 13.4. The molecule has 1 saturated heterocycles. The van der Waals surface area contributed by atoms with Gasteiger partial charge in [-0.05, 0) is 60.9 Å². The van der Waals surface area contributed by atoms with Crippen LogP contribution in [-0.4, -0.2) is 22.5 Å². The summed E-state index contributed by atoms with van der Waals surface area (Å²) in [4.78, 5) is 22.2. The number of aromatic nitrogens is 2. The average molecular weight is 388 g/mol. The lowest BCUT2D eigenvalue weighted by Gasteiger charge is -2.26. The largest absolute Gasteiger partial charge is 0.433 e. The highest BCUT2D eigenvalue weighted by atomic mass is 19.4. The summed E-state index contributed by atoms with van der Waals surface area (Å²) in [6.45, 7) is 0.253. The normalized spacial score (nSPS) is 22.5. The van der Waals surface area contributed by atoms with E-state index in [1.165, 1.54) is 0 Å². The number of carbonyl (C=O) groups excluding carboxylic acids is 1. The molecule has 2 aromatic rings. The van der Waals surface area contributed by atoms with E-state index in [2.05, 4.69) is 15.3 Å². The van der Waals surface area contributed by atoms with Gasteiger partial charge in [0.25, 0.3) is 0 Å². The van der Waals surface area contributed by atoms with Gasteiger partial charge in [0.15, 0.2) is 0 Å². The number of alkyl halides is 3. The molecule has 5 nitrogen and oxygen atoms in total. The molecule has 3 aliphatic rings. The molecule has 1 unspecified atom stereocenters. The van der Waals surface area contributed by atoms with E-state index in [0.717, 1.165) is 37.3 Å². The second-order valence-corrected chi connectivity index (χ2v) is 7.76. The summed E-state index contributed by atoms with van der Waals surface area (Å²) < 4.78 is 40.3. The third kappa shape index (κ3) is 3.10. The maximum Gasteiger partial charge on any atom is 0.433 e. The number of nitrogens with one attached hydrogen (secondary N) is 1. The molecule has 28 heavy (non-hydrogen) atoms. The van der Waals surface area contributed by atoms with E-state index in [-0.39, 0.29) is 18.5 Å². The minimum absolute atomic E-state index is 0.0833. The van der Waals surface area contributed by atoms with Crippen LogP contribution in [0.5, 0.6) is 0 Å². The van der Waals surface area contributed by atoms with Crippen molar-refractivity contribution in [3.05, 3.63) is 53.1 Å². The molecule has 8 heteroatoms. The number of rotatable bonds is 4. The second-order valence-electron chi connectivity index (χ2n) is 7.76. The van der Waals surface area contributed by atoms with Gasteiger partial charge < -0.3 is 5.32 Å². The molecule has 0 aromatic carbocycles. The first-order valence-corrected chi connectivity index (χ1v) is 9.52. The number of hydrogen-bond acceptors (Lipinski definition) is 3. The zero-order valence-electron chi connectivity index (χ0n) is 15.0. The van der Waals surface area contributed by atoms with Crippen LogP contribution in [0.1, 0.15) is 66.1 Å². The highest BCUT2D eigenvalue weighted by Crippen LogP contribution is 2.47. The number of urea groups is 1. The van der Waals surface area contributed by atoms with Gasteiger partial charge in [0.2, 0.25) is 0 Å². The fourth-order valence-electron chi connectivity index (χ4n) is 3.88. The number of nitrogens with zero attached hydrogens (tertiary/aromatic N) is 3. The van der Waals surface area contributed by atoms with Crippen LogP contribution in [0.4, 0.5) is 23.7 Å². The van der Waals surface area contributed by atoms with E-state index in [1.54, 1.807) is 23.4 Å². The minimum atomic E-state index is -4.52. The van der Waals surface area contributed by atoms with Crippen molar-refractivity contribution in [1.82, 2.24) is 15.3 Å². The van der Waals surface area contributed by atoms with Crippen LogP contribution in [0.15, 0.2) is 30.6 Å². The molecular weight excluding hydrogens is 369 g/mol.